The first kappa shape index (κ1) is 19.9. The van der Waals surface area contributed by atoms with Crippen LogP contribution in [-0.4, -0.2) is 23.0 Å². The van der Waals surface area contributed by atoms with Crippen LogP contribution in [0.25, 0.3) is 0 Å². The highest BCUT2D eigenvalue weighted by Gasteiger charge is 2.40. The highest BCUT2D eigenvalue weighted by atomic mass is 79.9. The number of amides is 3. The molecule has 1 saturated heterocycles. The van der Waals surface area contributed by atoms with E-state index in [4.69, 9.17) is 0 Å². The minimum absolute atomic E-state index is 0.151. The monoisotopic (exact) mass is 486 g/mol. The predicted molar refractivity (Wildman–Crippen MR) is 120 cm³/mol. The zero-order valence-electron chi connectivity index (χ0n) is 15.0. The molecule has 0 radical (unpaired) electrons. The molecule has 0 spiro atoms. The molecule has 3 amide bonds. The van der Waals surface area contributed by atoms with Crippen LogP contribution in [0.15, 0.2) is 75.4 Å². The van der Waals surface area contributed by atoms with Gasteiger partial charge in [-0.1, -0.05) is 22.0 Å². The van der Waals surface area contributed by atoms with Gasteiger partial charge in [0.2, 0.25) is 11.8 Å². The van der Waals surface area contributed by atoms with E-state index in [0.29, 0.717) is 16.3 Å². The van der Waals surface area contributed by atoms with Gasteiger partial charge in [0.05, 0.1) is 15.8 Å². The molecule has 1 atom stereocenters. The van der Waals surface area contributed by atoms with Gasteiger partial charge in [-0.05, 0) is 60.0 Å². The van der Waals surface area contributed by atoms with Gasteiger partial charge in [-0.3, -0.25) is 14.4 Å². The van der Waals surface area contributed by atoms with E-state index in [9.17, 15) is 14.4 Å². The molecular weight excluding hydrogens is 472 g/mol. The standard InChI is InChI=1S/C21H15BrN2O3S2/c22-13-3-7-15(8-4-13)24-19(25)12-18(21(24)27)29-16-9-5-14(6-10-16)23-20(26)17-2-1-11-28-17/h1-11,18H,12H2,(H,23,26). The number of thiophene rings is 1. The van der Waals surface area contributed by atoms with Crippen molar-refractivity contribution in [1.29, 1.82) is 0 Å². The predicted octanol–water partition coefficient (Wildman–Crippen LogP) is 5.19. The Labute approximate surface area is 184 Å². The van der Waals surface area contributed by atoms with Crippen LogP contribution in [0.1, 0.15) is 16.1 Å². The van der Waals surface area contributed by atoms with Crippen LogP contribution >= 0.6 is 39.0 Å². The maximum Gasteiger partial charge on any atom is 0.265 e. The molecule has 1 N–H and O–H groups in total. The fraction of sp³-hybridized carbons (Fsp3) is 0.0952. The summed E-state index contributed by atoms with van der Waals surface area (Å²) in [5, 5.41) is 4.24. The highest BCUT2D eigenvalue weighted by Crippen LogP contribution is 2.34. The summed E-state index contributed by atoms with van der Waals surface area (Å²) in [6.45, 7) is 0. The lowest BCUT2D eigenvalue weighted by Crippen LogP contribution is -2.31. The Bertz CT molecular complexity index is 1050. The topological polar surface area (TPSA) is 66.5 Å². The minimum atomic E-state index is -0.460. The quantitative estimate of drug-likeness (QED) is 0.504. The zero-order valence-corrected chi connectivity index (χ0v) is 18.2. The lowest BCUT2D eigenvalue weighted by molar-refractivity contribution is -0.121. The van der Waals surface area contributed by atoms with Gasteiger partial charge < -0.3 is 5.32 Å². The summed E-state index contributed by atoms with van der Waals surface area (Å²) in [4.78, 5) is 40.0. The average molecular weight is 487 g/mol. The average Bonchev–Trinajstić information content (AvgIpc) is 3.34. The van der Waals surface area contributed by atoms with Gasteiger partial charge in [-0.25, -0.2) is 4.90 Å². The maximum atomic E-state index is 12.8. The summed E-state index contributed by atoms with van der Waals surface area (Å²) in [5.41, 5.74) is 1.26. The summed E-state index contributed by atoms with van der Waals surface area (Å²) in [6, 6.07) is 18.0. The Balaban J connectivity index is 1.41. The molecule has 1 unspecified atom stereocenters. The van der Waals surface area contributed by atoms with Crippen molar-refractivity contribution in [2.45, 2.75) is 16.6 Å². The molecule has 1 fully saturated rings. The van der Waals surface area contributed by atoms with Crippen molar-refractivity contribution in [2.24, 2.45) is 0 Å². The van der Waals surface area contributed by atoms with Gasteiger partial charge in [-0.2, -0.15) is 0 Å². The minimum Gasteiger partial charge on any atom is -0.321 e. The molecule has 4 rings (SSSR count). The Kier molecular flexibility index (Phi) is 5.84. The number of benzene rings is 2. The summed E-state index contributed by atoms with van der Waals surface area (Å²) in [5.74, 6) is -0.561. The first-order chi connectivity index (χ1) is 14.0. The van der Waals surface area contributed by atoms with Gasteiger partial charge in [-0.15, -0.1) is 23.1 Å². The summed E-state index contributed by atoms with van der Waals surface area (Å²) in [7, 11) is 0. The SMILES string of the molecule is O=C(Nc1ccc(SC2CC(=O)N(c3ccc(Br)cc3)C2=O)cc1)c1cccs1. The number of anilines is 2. The molecule has 1 aromatic heterocycles. The van der Waals surface area contributed by atoms with E-state index in [1.165, 1.54) is 28.0 Å². The number of halogens is 1. The second-order valence-corrected chi connectivity index (χ2v) is 9.45. The van der Waals surface area contributed by atoms with E-state index in [0.717, 1.165) is 9.37 Å². The molecule has 0 bridgehead atoms. The van der Waals surface area contributed by atoms with Crippen LogP contribution in [0.2, 0.25) is 0 Å². The molecule has 146 valence electrons. The van der Waals surface area contributed by atoms with Gasteiger partial charge in [0.25, 0.3) is 5.91 Å². The van der Waals surface area contributed by atoms with Crippen LogP contribution in [0.5, 0.6) is 0 Å². The number of imide groups is 1. The van der Waals surface area contributed by atoms with Crippen molar-refractivity contribution < 1.29 is 14.4 Å². The third-order valence-electron chi connectivity index (χ3n) is 4.33. The van der Waals surface area contributed by atoms with Crippen LogP contribution in [-0.2, 0) is 9.59 Å². The molecule has 2 heterocycles. The van der Waals surface area contributed by atoms with E-state index < -0.39 is 5.25 Å². The van der Waals surface area contributed by atoms with Gasteiger partial charge >= 0.3 is 0 Å². The van der Waals surface area contributed by atoms with Crippen molar-refractivity contribution in [3.05, 3.63) is 75.4 Å². The molecule has 29 heavy (non-hydrogen) atoms. The summed E-state index contributed by atoms with van der Waals surface area (Å²) in [6.07, 6.45) is 0.163. The largest absolute Gasteiger partial charge is 0.321 e. The molecule has 2 aromatic carbocycles. The van der Waals surface area contributed by atoms with Crippen LogP contribution in [0.3, 0.4) is 0 Å². The number of carbonyl (C=O) groups excluding carboxylic acids is 3. The smallest absolute Gasteiger partial charge is 0.265 e. The van der Waals surface area contributed by atoms with Crippen molar-refractivity contribution in [1.82, 2.24) is 0 Å². The molecule has 0 aliphatic carbocycles. The summed E-state index contributed by atoms with van der Waals surface area (Å²) >= 11 is 6.09. The normalized spacial score (nSPS) is 16.3. The summed E-state index contributed by atoms with van der Waals surface area (Å²) < 4.78 is 0.887. The Morgan fingerprint density at radius 2 is 1.79 bits per heavy atom. The number of nitrogens with zero attached hydrogens (tertiary/aromatic N) is 1. The van der Waals surface area contributed by atoms with Crippen molar-refractivity contribution in [2.75, 3.05) is 10.2 Å². The van der Waals surface area contributed by atoms with Crippen molar-refractivity contribution in [3.8, 4) is 0 Å². The number of nitrogens with one attached hydrogen (secondary N) is 1. The number of rotatable bonds is 5. The molecule has 1 aliphatic heterocycles. The number of hydrogen-bond acceptors (Lipinski definition) is 5. The number of thioether (sulfide) groups is 1. The fourth-order valence-corrected chi connectivity index (χ4v) is 4.88. The second-order valence-electron chi connectivity index (χ2n) is 6.31. The second kappa shape index (κ2) is 8.52. The third-order valence-corrected chi connectivity index (χ3v) is 6.92. The number of carbonyl (C=O) groups is 3. The maximum absolute atomic E-state index is 12.8. The molecular formula is C21H15BrN2O3S2. The molecule has 3 aromatic rings. The van der Waals surface area contributed by atoms with Crippen LogP contribution in [0, 0.1) is 0 Å². The lowest BCUT2D eigenvalue weighted by atomic mass is 10.3. The molecule has 5 nitrogen and oxygen atoms in total. The van der Waals surface area contributed by atoms with Crippen LogP contribution in [0.4, 0.5) is 11.4 Å². The Morgan fingerprint density at radius 1 is 1.07 bits per heavy atom. The van der Waals surface area contributed by atoms with E-state index in [1.807, 2.05) is 23.6 Å². The van der Waals surface area contributed by atoms with Crippen molar-refractivity contribution >= 4 is 68.1 Å². The molecule has 1 aliphatic rings. The Morgan fingerprint density at radius 3 is 2.45 bits per heavy atom. The highest BCUT2D eigenvalue weighted by molar-refractivity contribution is 9.10. The van der Waals surface area contributed by atoms with E-state index in [1.54, 1.807) is 42.5 Å². The third kappa shape index (κ3) is 4.44. The van der Waals surface area contributed by atoms with E-state index >= 15 is 0 Å². The first-order valence-electron chi connectivity index (χ1n) is 8.75. The van der Waals surface area contributed by atoms with Gasteiger partial charge in [0.15, 0.2) is 0 Å². The Hall–Kier alpha value is -2.42. The lowest BCUT2D eigenvalue weighted by Gasteiger charge is -2.15. The first-order valence-corrected chi connectivity index (χ1v) is 11.3. The van der Waals surface area contributed by atoms with Crippen molar-refractivity contribution in [3.63, 3.8) is 0 Å². The molecule has 0 saturated carbocycles. The number of hydrogen-bond donors (Lipinski definition) is 1. The van der Waals surface area contributed by atoms with Crippen LogP contribution < -0.4 is 10.2 Å². The van der Waals surface area contributed by atoms with Gasteiger partial charge in [0, 0.05) is 21.5 Å². The molecule has 8 heteroatoms. The zero-order chi connectivity index (χ0) is 20.4. The van der Waals surface area contributed by atoms with Gasteiger partial charge in [0.1, 0.15) is 0 Å². The fourth-order valence-electron chi connectivity index (χ4n) is 2.94. The van der Waals surface area contributed by atoms with E-state index in [-0.39, 0.29) is 24.1 Å². The van der Waals surface area contributed by atoms with E-state index in [2.05, 4.69) is 21.2 Å².